The number of ether oxygens (including phenoxy) is 1. The second kappa shape index (κ2) is 8.98. The summed E-state index contributed by atoms with van der Waals surface area (Å²) in [7, 11) is 0. The highest BCUT2D eigenvalue weighted by atomic mass is 35.5. The van der Waals surface area contributed by atoms with Gasteiger partial charge in [0.25, 0.3) is 5.91 Å². The van der Waals surface area contributed by atoms with Gasteiger partial charge in [0, 0.05) is 5.56 Å². The Bertz CT molecular complexity index is 1420. The van der Waals surface area contributed by atoms with Crippen LogP contribution in [0.15, 0.2) is 91.0 Å². The molecule has 0 saturated carbocycles. The first-order valence-electron chi connectivity index (χ1n) is 10.7. The van der Waals surface area contributed by atoms with Gasteiger partial charge in [-0.05, 0) is 53.6 Å². The smallest absolute Gasteiger partial charge is 0.343 e. The lowest BCUT2D eigenvalue weighted by Gasteiger charge is -2.29. The van der Waals surface area contributed by atoms with Crippen molar-refractivity contribution >= 4 is 46.5 Å². The summed E-state index contributed by atoms with van der Waals surface area (Å²) in [6, 6.07) is 26.9. The normalized spacial score (nSPS) is 16.1. The van der Waals surface area contributed by atoms with E-state index in [1.54, 1.807) is 48.5 Å². The van der Waals surface area contributed by atoms with Crippen LogP contribution in [-0.4, -0.2) is 11.9 Å². The van der Waals surface area contributed by atoms with Crippen LogP contribution in [0.25, 0.3) is 11.1 Å². The maximum Gasteiger partial charge on any atom is 0.343 e. The van der Waals surface area contributed by atoms with Gasteiger partial charge in [0.1, 0.15) is 5.75 Å². The average Bonchev–Trinajstić information content (AvgIpc) is 3.25. The fraction of sp³-hybridized carbons (Fsp3) is 0.0370. The fourth-order valence-electron chi connectivity index (χ4n) is 4.06. The molecular formula is C27H19Cl2N3O3. The molecule has 0 aliphatic carbocycles. The van der Waals surface area contributed by atoms with Gasteiger partial charge in [-0.25, -0.2) is 4.79 Å². The van der Waals surface area contributed by atoms with E-state index < -0.39 is 17.5 Å². The van der Waals surface area contributed by atoms with E-state index in [9.17, 15) is 9.59 Å². The zero-order valence-electron chi connectivity index (χ0n) is 18.2. The molecule has 4 aromatic rings. The highest BCUT2D eigenvalue weighted by Gasteiger charge is 2.46. The highest BCUT2D eigenvalue weighted by molar-refractivity contribution is 6.37. The van der Waals surface area contributed by atoms with Gasteiger partial charge in [-0.15, -0.1) is 0 Å². The minimum Gasteiger partial charge on any atom is -0.423 e. The van der Waals surface area contributed by atoms with Crippen LogP contribution in [0.3, 0.4) is 0 Å². The summed E-state index contributed by atoms with van der Waals surface area (Å²) in [6.45, 7) is 0. The van der Waals surface area contributed by atoms with Gasteiger partial charge < -0.3 is 21.1 Å². The predicted octanol–water partition coefficient (Wildman–Crippen LogP) is 6.06. The fourth-order valence-corrected chi connectivity index (χ4v) is 4.74. The first kappa shape index (κ1) is 22.8. The lowest BCUT2D eigenvalue weighted by Crippen LogP contribution is -2.51. The Hall–Kier alpha value is -4.00. The van der Waals surface area contributed by atoms with Crippen molar-refractivity contribution in [2.24, 2.45) is 5.73 Å². The van der Waals surface area contributed by atoms with Crippen molar-refractivity contribution in [1.29, 1.82) is 0 Å². The molecule has 5 rings (SSSR count). The molecule has 1 aliphatic rings. The van der Waals surface area contributed by atoms with Crippen LogP contribution in [0.1, 0.15) is 15.9 Å². The third-order valence-corrected chi connectivity index (χ3v) is 6.41. The van der Waals surface area contributed by atoms with Crippen molar-refractivity contribution < 1.29 is 14.3 Å². The number of carbonyl (C=O) groups excluding carboxylic acids is 2. The zero-order chi connectivity index (χ0) is 24.6. The Balaban J connectivity index is 1.38. The van der Waals surface area contributed by atoms with Gasteiger partial charge in [-0.3, -0.25) is 4.79 Å². The van der Waals surface area contributed by atoms with Crippen molar-refractivity contribution in [3.05, 3.63) is 112 Å². The molecule has 35 heavy (non-hydrogen) atoms. The standard InChI is InChI=1S/C27H19Cl2N3O3/c28-20-7-4-8-21(29)24(20)27(26(30)34)31-22-14-11-18(15-23(22)32-27)25(33)35-19-12-9-17(10-13-19)16-5-2-1-3-6-16/h1-15,31-32H,(H2,30,34). The van der Waals surface area contributed by atoms with Crippen LogP contribution in [0.2, 0.25) is 10.0 Å². The Morgan fingerprint density at radius 2 is 1.37 bits per heavy atom. The van der Waals surface area contributed by atoms with Crippen molar-refractivity contribution in [3.63, 3.8) is 0 Å². The van der Waals surface area contributed by atoms with Gasteiger partial charge in [0.2, 0.25) is 5.66 Å². The Kier molecular flexibility index (Phi) is 5.84. The maximum atomic E-state index is 12.8. The zero-order valence-corrected chi connectivity index (χ0v) is 19.7. The molecule has 6 nitrogen and oxygen atoms in total. The summed E-state index contributed by atoms with van der Waals surface area (Å²) in [5.41, 5.74) is 7.90. The molecule has 0 saturated heterocycles. The summed E-state index contributed by atoms with van der Waals surface area (Å²) in [5.74, 6) is -0.864. The maximum absolute atomic E-state index is 12.8. The van der Waals surface area contributed by atoms with Crippen molar-refractivity contribution in [2.45, 2.75) is 5.66 Å². The highest BCUT2D eigenvalue weighted by Crippen LogP contribution is 2.44. The molecule has 4 aromatic carbocycles. The lowest BCUT2D eigenvalue weighted by molar-refractivity contribution is -0.121. The molecule has 1 atom stereocenters. The summed E-state index contributed by atoms with van der Waals surface area (Å²) in [5, 5.41) is 6.68. The van der Waals surface area contributed by atoms with E-state index in [0.717, 1.165) is 11.1 Å². The number of nitrogens with two attached hydrogens (primary N) is 1. The molecule has 0 bridgehead atoms. The number of hydrogen-bond acceptors (Lipinski definition) is 5. The molecule has 1 heterocycles. The molecule has 8 heteroatoms. The van der Waals surface area contributed by atoms with E-state index in [4.69, 9.17) is 33.7 Å². The van der Waals surface area contributed by atoms with Gasteiger partial charge >= 0.3 is 5.97 Å². The molecular weight excluding hydrogens is 485 g/mol. The Morgan fingerprint density at radius 1 is 0.743 bits per heavy atom. The quantitative estimate of drug-likeness (QED) is 0.227. The number of hydrogen-bond donors (Lipinski definition) is 3. The number of primary amides is 1. The van der Waals surface area contributed by atoms with Crippen molar-refractivity contribution in [2.75, 3.05) is 10.6 Å². The molecule has 0 spiro atoms. The van der Waals surface area contributed by atoms with Crippen LogP contribution in [0, 0.1) is 0 Å². The molecule has 0 aromatic heterocycles. The van der Waals surface area contributed by atoms with E-state index in [0.29, 0.717) is 22.7 Å². The SMILES string of the molecule is NC(=O)C1(c2c(Cl)cccc2Cl)Nc2ccc(C(=O)Oc3ccc(-c4ccccc4)cc3)cc2N1. The van der Waals surface area contributed by atoms with Crippen LogP contribution in [-0.2, 0) is 10.5 Å². The number of rotatable bonds is 5. The van der Waals surface area contributed by atoms with E-state index in [1.807, 2.05) is 42.5 Å². The monoisotopic (exact) mass is 503 g/mol. The Morgan fingerprint density at radius 3 is 2.03 bits per heavy atom. The van der Waals surface area contributed by atoms with Crippen LogP contribution in [0.4, 0.5) is 11.4 Å². The lowest BCUT2D eigenvalue weighted by atomic mass is 9.99. The minimum atomic E-state index is -1.58. The van der Waals surface area contributed by atoms with Crippen LogP contribution in [0.5, 0.6) is 5.75 Å². The number of fused-ring (bicyclic) bond motifs is 1. The molecule has 1 amide bonds. The molecule has 1 aliphatic heterocycles. The third kappa shape index (κ3) is 4.18. The second-order valence-corrected chi connectivity index (χ2v) is 8.82. The van der Waals surface area contributed by atoms with Crippen molar-refractivity contribution in [1.82, 2.24) is 0 Å². The largest absolute Gasteiger partial charge is 0.423 e. The van der Waals surface area contributed by atoms with E-state index in [2.05, 4.69) is 10.6 Å². The van der Waals surface area contributed by atoms with Gasteiger partial charge in [-0.1, -0.05) is 71.7 Å². The van der Waals surface area contributed by atoms with Gasteiger partial charge in [-0.2, -0.15) is 0 Å². The third-order valence-electron chi connectivity index (χ3n) is 5.78. The number of nitrogens with one attached hydrogen (secondary N) is 2. The van der Waals surface area contributed by atoms with Crippen molar-refractivity contribution in [3.8, 4) is 16.9 Å². The van der Waals surface area contributed by atoms with Gasteiger partial charge in [0.15, 0.2) is 0 Å². The molecule has 1 unspecified atom stereocenters. The number of esters is 1. The summed E-state index contributed by atoms with van der Waals surface area (Å²) in [6.07, 6.45) is 0. The first-order valence-corrected chi connectivity index (χ1v) is 11.5. The molecule has 0 fully saturated rings. The number of amides is 1. The van der Waals surface area contributed by atoms with E-state index >= 15 is 0 Å². The van der Waals surface area contributed by atoms with Gasteiger partial charge in [0.05, 0.1) is 27.0 Å². The second-order valence-electron chi connectivity index (χ2n) is 8.00. The Labute approximate surface area is 211 Å². The van der Waals surface area contributed by atoms with E-state index in [1.165, 1.54) is 0 Å². The number of carbonyl (C=O) groups is 2. The first-order chi connectivity index (χ1) is 16.9. The average molecular weight is 504 g/mol. The molecule has 0 radical (unpaired) electrons. The van der Waals surface area contributed by atoms with E-state index in [-0.39, 0.29) is 15.6 Å². The van der Waals surface area contributed by atoms with Crippen LogP contribution < -0.4 is 21.1 Å². The number of anilines is 2. The molecule has 174 valence electrons. The summed E-state index contributed by atoms with van der Waals surface area (Å²) >= 11 is 12.7. The topological polar surface area (TPSA) is 93.5 Å². The number of benzene rings is 4. The predicted molar refractivity (Wildman–Crippen MR) is 138 cm³/mol. The van der Waals surface area contributed by atoms with Crippen LogP contribution >= 0.6 is 23.2 Å². The minimum absolute atomic E-state index is 0.266. The number of halogens is 2. The summed E-state index contributed by atoms with van der Waals surface area (Å²) < 4.78 is 5.55. The summed E-state index contributed by atoms with van der Waals surface area (Å²) in [4.78, 5) is 25.4. The molecule has 4 N–H and O–H groups in total.